The Hall–Kier alpha value is -4.65. The van der Waals surface area contributed by atoms with Crippen molar-refractivity contribution in [3.8, 4) is 11.4 Å². The predicted octanol–water partition coefficient (Wildman–Crippen LogP) is 4.84. The maximum atomic E-state index is 12.4. The maximum Gasteiger partial charge on any atom is 0.278 e. The molecule has 7 rings (SSSR count). The number of nitrogens with two attached hydrogens (primary N) is 1. The van der Waals surface area contributed by atoms with Crippen molar-refractivity contribution in [2.75, 3.05) is 5.73 Å². The summed E-state index contributed by atoms with van der Waals surface area (Å²) >= 11 is 0. The Bertz CT molecular complexity index is 1920. The van der Waals surface area contributed by atoms with E-state index >= 15 is 0 Å². The van der Waals surface area contributed by atoms with Gasteiger partial charge in [-0.05, 0) is 33.7 Å². The molecule has 5 N–H and O–H groups in total. The molecule has 0 aliphatic rings. The van der Waals surface area contributed by atoms with Crippen molar-refractivity contribution in [1.82, 2.24) is 24.9 Å². The van der Waals surface area contributed by atoms with E-state index in [4.69, 9.17) is 5.73 Å². The van der Waals surface area contributed by atoms with E-state index in [1.165, 1.54) is 16.2 Å². The highest BCUT2D eigenvalue weighted by Gasteiger charge is 2.18. The zero-order chi connectivity index (χ0) is 21.4. The van der Waals surface area contributed by atoms with Crippen molar-refractivity contribution in [2.24, 2.45) is 0 Å². The van der Waals surface area contributed by atoms with Gasteiger partial charge in [0.1, 0.15) is 5.82 Å². The summed E-state index contributed by atoms with van der Waals surface area (Å²) in [6.45, 7) is 0. The van der Waals surface area contributed by atoms with Crippen molar-refractivity contribution in [3.05, 3.63) is 77.1 Å². The smallest absolute Gasteiger partial charge is 0.278 e. The molecular formula is C25H16N6O. The number of rotatable bonds is 1. The molecule has 0 amide bonds. The maximum absolute atomic E-state index is 12.4. The van der Waals surface area contributed by atoms with E-state index < -0.39 is 0 Å². The molecule has 0 unspecified atom stereocenters. The molecule has 0 radical (unpaired) electrons. The molecule has 7 aromatic rings. The van der Waals surface area contributed by atoms with Gasteiger partial charge in [0, 0.05) is 21.9 Å². The first-order chi connectivity index (χ1) is 15.7. The third kappa shape index (κ3) is 2.22. The lowest BCUT2D eigenvalue weighted by molar-refractivity contribution is 1.17. The van der Waals surface area contributed by atoms with Crippen molar-refractivity contribution >= 4 is 60.5 Å². The summed E-state index contributed by atoms with van der Waals surface area (Å²) in [6.07, 6.45) is 0. The number of nitrogen functional groups attached to an aromatic ring is 1. The standard InChI is InChI=1S/C25H16N6O/c26-25-30-23-21(24(32)31-25)28-22(29-23)16-11-13-6-2-4-8-15(13)19-18-14-7-3-1-5-12(14)9-10-17(18)27-20(16)19/h1-11,27H,(H4,26,28,29,30,31,32). The number of benzene rings is 4. The van der Waals surface area contributed by atoms with Crippen molar-refractivity contribution in [2.45, 2.75) is 0 Å². The number of aromatic amines is 3. The Balaban J connectivity index is 1.70. The zero-order valence-electron chi connectivity index (χ0n) is 16.7. The molecular weight excluding hydrogens is 400 g/mol. The van der Waals surface area contributed by atoms with Gasteiger partial charge in [0.05, 0.1) is 5.52 Å². The van der Waals surface area contributed by atoms with Crippen LogP contribution in [0.5, 0.6) is 0 Å². The number of nitrogens with zero attached hydrogens (tertiary/aromatic N) is 2. The highest BCUT2D eigenvalue weighted by Crippen LogP contribution is 2.40. The summed E-state index contributed by atoms with van der Waals surface area (Å²) in [7, 11) is 0. The molecule has 152 valence electrons. The van der Waals surface area contributed by atoms with E-state index in [-0.39, 0.29) is 11.5 Å². The fraction of sp³-hybridized carbons (Fsp3) is 0. The lowest BCUT2D eigenvalue weighted by Gasteiger charge is -2.06. The largest absolute Gasteiger partial charge is 0.369 e. The van der Waals surface area contributed by atoms with Gasteiger partial charge in [-0.15, -0.1) is 0 Å². The highest BCUT2D eigenvalue weighted by atomic mass is 16.1. The van der Waals surface area contributed by atoms with Gasteiger partial charge in [-0.1, -0.05) is 54.6 Å². The second kappa shape index (κ2) is 5.95. The Morgan fingerprint density at radius 1 is 0.719 bits per heavy atom. The Labute approximate surface area is 179 Å². The first-order valence-electron chi connectivity index (χ1n) is 10.3. The molecule has 0 saturated heterocycles. The van der Waals surface area contributed by atoms with Gasteiger partial charge in [0.25, 0.3) is 5.56 Å². The molecule has 0 spiro atoms. The van der Waals surface area contributed by atoms with Crippen LogP contribution in [-0.2, 0) is 0 Å². The Morgan fingerprint density at radius 3 is 2.31 bits per heavy atom. The van der Waals surface area contributed by atoms with Gasteiger partial charge in [0.15, 0.2) is 11.2 Å². The molecule has 0 aliphatic heterocycles. The third-order valence-electron chi connectivity index (χ3n) is 6.12. The van der Waals surface area contributed by atoms with Gasteiger partial charge in [-0.3, -0.25) is 9.78 Å². The molecule has 0 fully saturated rings. The quantitative estimate of drug-likeness (QED) is 0.306. The molecule has 7 nitrogen and oxygen atoms in total. The van der Waals surface area contributed by atoms with E-state index in [2.05, 4.69) is 85.6 Å². The number of fused-ring (bicyclic) bond motifs is 8. The number of aromatic nitrogens is 5. The van der Waals surface area contributed by atoms with Crippen LogP contribution in [0.2, 0.25) is 0 Å². The second-order valence-corrected chi connectivity index (χ2v) is 7.96. The van der Waals surface area contributed by atoms with Crippen LogP contribution in [-0.4, -0.2) is 24.9 Å². The summed E-state index contributed by atoms with van der Waals surface area (Å²) in [6, 6.07) is 23.0. The van der Waals surface area contributed by atoms with Crippen LogP contribution in [0.15, 0.2) is 71.5 Å². The third-order valence-corrected chi connectivity index (χ3v) is 6.12. The van der Waals surface area contributed by atoms with Gasteiger partial charge in [0.2, 0.25) is 5.95 Å². The summed E-state index contributed by atoms with van der Waals surface area (Å²) in [5, 5.41) is 6.93. The van der Waals surface area contributed by atoms with Crippen LogP contribution in [0.4, 0.5) is 5.95 Å². The molecule has 0 atom stereocenters. The molecule has 0 bridgehead atoms. The fourth-order valence-electron chi connectivity index (χ4n) is 4.76. The van der Waals surface area contributed by atoms with E-state index in [1.54, 1.807) is 0 Å². The van der Waals surface area contributed by atoms with Crippen molar-refractivity contribution < 1.29 is 0 Å². The fourth-order valence-corrected chi connectivity index (χ4v) is 4.76. The van der Waals surface area contributed by atoms with Crippen LogP contribution >= 0.6 is 0 Å². The first kappa shape index (κ1) is 17.1. The first-order valence-corrected chi connectivity index (χ1v) is 10.3. The van der Waals surface area contributed by atoms with Crippen LogP contribution < -0.4 is 11.3 Å². The number of imidazole rings is 1. The number of hydrogen-bond donors (Lipinski definition) is 4. The van der Waals surface area contributed by atoms with Crippen molar-refractivity contribution in [3.63, 3.8) is 0 Å². The summed E-state index contributed by atoms with van der Waals surface area (Å²) in [5.74, 6) is 0.608. The normalized spacial score (nSPS) is 12.0. The Kier molecular flexibility index (Phi) is 3.17. The molecule has 7 heteroatoms. The number of hydrogen-bond acceptors (Lipinski definition) is 4. The van der Waals surface area contributed by atoms with Crippen LogP contribution in [0.25, 0.3) is 65.9 Å². The molecule has 4 aromatic carbocycles. The van der Waals surface area contributed by atoms with Gasteiger partial charge in [-0.25, -0.2) is 4.98 Å². The van der Waals surface area contributed by atoms with Crippen LogP contribution in [0.1, 0.15) is 0 Å². The van der Waals surface area contributed by atoms with Crippen LogP contribution in [0.3, 0.4) is 0 Å². The number of nitrogens with one attached hydrogen (secondary N) is 3. The van der Waals surface area contributed by atoms with Gasteiger partial charge >= 0.3 is 0 Å². The van der Waals surface area contributed by atoms with E-state index in [0.717, 1.165) is 32.8 Å². The molecule has 3 aromatic heterocycles. The average molecular weight is 416 g/mol. The van der Waals surface area contributed by atoms with Crippen molar-refractivity contribution in [1.29, 1.82) is 0 Å². The SMILES string of the molecule is Nc1nc2nc(-c3cc4ccccc4c4c3[nH]c3ccc5ccccc5c34)[nH]c2c(=O)[nH]1. The lowest BCUT2D eigenvalue weighted by atomic mass is 9.97. The van der Waals surface area contributed by atoms with E-state index in [9.17, 15) is 4.79 Å². The minimum atomic E-state index is -0.342. The zero-order valence-corrected chi connectivity index (χ0v) is 16.7. The molecule has 3 heterocycles. The number of anilines is 1. The minimum absolute atomic E-state index is 0.0429. The average Bonchev–Trinajstić information content (AvgIpc) is 3.41. The highest BCUT2D eigenvalue weighted by molar-refractivity contribution is 6.29. The summed E-state index contributed by atoms with van der Waals surface area (Å²) in [4.78, 5) is 30.4. The molecule has 0 aliphatic carbocycles. The minimum Gasteiger partial charge on any atom is -0.369 e. The molecule has 32 heavy (non-hydrogen) atoms. The monoisotopic (exact) mass is 416 g/mol. The van der Waals surface area contributed by atoms with Gasteiger partial charge < -0.3 is 15.7 Å². The lowest BCUT2D eigenvalue weighted by Crippen LogP contribution is -2.10. The second-order valence-electron chi connectivity index (χ2n) is 7.96. The van der Waals surface area contributed by atoms with Gasteiger partial charge in [-0.2, -0.15) is 4.98 Å². The molecule has 0 saturated carbocycles. The topological polar surface area (TPSA) is 116 Å². The summed E-state index contributed by atoms with van der Waals surface area (Å²) < 4.78 is 0. The van der Waals surface area contributed by atoms with E-state index in [0.29, 0.717) is 17.0 Å². The Morgan fingerprint density at radius 2 is 1.47 bits per heavy atom. The van der Waals surface area contributed by atoms with E-state index in [1.807, 2.05) is 6.07 Å². The predicted molar refractivity (Wildman–Crippen MR) is 129 cm³/mol. The number of H-pyrrole nitrogens is 3. The van der Waals surface area contributed by atoms with Crippen LogP contribution in [0, 0.1) is 0 Å². The summed E-state index contributed by atoms with van der Waals surface area (Å²) in [5.41, 5.74) is 8.85.